The fourth-order valence-corrected chi connectivity index (χ4v) is 6.56. The molecular weight excluding hydrogens is 674 g/mol. The first kappa shape index (κ1) is 35.3. The van der Waals surface area contributed by atoms with Crippen molar-refractivity contribution < 1.29 is 54.9 Å². The Labute approximate surface area is 265 Å². The zero-order chi connectivity index (χ0) is 33.3. The Morgan fingerprint density at radius 1 is 0.867 bits per heavy atom. The minimum atomic E-state index is -5.09. The number of carbonyl (C=O) groups excluding carboxylic acids is 2. The lowest BCUT2D eigenvalue weighted by atomic mass is 9.62. The first-order valence-corrected chi connectivity index (χ1v) is 15.3. The highest BCUT2D eigenvalue weighted by Gasteiger charge is 2.74. The molecule has 0 bridgehead atoms. The minimum absolute atomic E-state index is 0.0294. The molecule has 246 valence electrons. The SMILES string of the molecule is CCOC(CBr)O[C@]12CC(=O)C=C1C(=O)[C@@](C)(COCc1ccccc1)[C@@]2(C)COCc1c(C(F)(F)F)cccc1C(F)(F)F. The number of alkyl halides is 7. The van der Waals surface area contributed by atoms with Crippen molar-refractivity contribution in [2.75, 3.05) is 25.2 Å². The predicted octanol–water partition coefficient (Wildman–Crippen LogP) is 7.47. The number of carbonyl (C=O) groups is 2. The van der Waals surface area contributed by atoms with Gasteiger partial charge in [0.25, 0.3) is 0 Å². The lowest BCUT2D eigenvalue weighted by Gasteiger charge is -2.49. The Kier molecular flexibility index (Phi) is 10.4. The first-order chi connectivity index (χ1) is 21.0. The summed E-state index contributed by atoms with van der Waals surface area (Å²) >= 11 is 3.31. The van der Waals surface area contributed by atoms with Crippen LogP contribution in [0.4, 0.5) is 26.3 Å². The van der Waals surface area contributed by atoms with Crippen LogP contribution in [0.15, 0.2) is 60.2 Å². The Bertz CT molecular complexity index is 1400. The van der Waals surface area contributed by atoms with Gasteiger partial charge in [-0.3, -0.25) is 9.59 Å². The second-order valence-corrected chi connectivity index (χ2v) is 12.1. The Morgan fingerprint density at radius 2 is 1.47 bits per heavy atom. The van der Waals surface area contributed by atoms with Crippen molar-refractivity contribution >= 4 is 27.5 Å². The average molecular weight is 708 g/mol. The van der Waals surface area contributed by atoms with Crippen LogP contribution in [0.5, 0.6) is 0 Å². The molecule has 13 heteroatoms. The molecule has 1 fully saturated rings. The maximum atomic E-state index is 14.2. The van der Waals surface area contributed by atoms with Crippen LogP contribution in [0.1, 0.15) is 49.4 Å². The van der Waals surface area contributed by atoms with Crippen molar-refractivity contribution in [3.63, 3.8) is 0 Å². The van der Waals surface area contributed by atoms with Crippen molar-refractivity contribution in [3.8, 4) is 0 Å². The lowest BCUT2D eigenvalue weighted by Crippen LogP contribution is -2.57. The van der Waals surface area contributed by atoms with Crippen molar-refractivity contribution in [2.24, 2.45) is 10.8 Å². The van der Waals surface area contributed by atoms with Crippen molar-refractivity contribution in [1.82, 2.24) is 0 Å². The van der Waals surface area contributed by atoms with E-state index < -0.39 is 76.5 Å². The Hall–Kier alpha value is -2.58. The van der Waals surface area contributed by atoms with Crippen molar-refractivity contribution in [2.45, 2.75) is 64.6 Å². The van der Waals surface area contributed by atoms with Gasteiger partial charge in [0.1, 0.15) is 5.60 Å². The lowest BCUT2D eigenvalue weighted by molar-refractivity contribution is -0.239. The summed E-state index contributed by atoms with van der Waals surface area (Å²) in [7, 11) is 0. The summed E-state index contributed by atoms with van der Waals surface area (Å²) in [5.41, 5.74) is -7.90. The van der Waals surface area contributed by atoms with Gasteiger partial charge in [-0.25, -0.2) is 0 Å². The van der Waals surface area contributed by atoms with E-state index in [1.165, 1.54) is 6.08 Å². The molecule has 0 aliphatic heterocycles. The first-order valence-electron chi connectivity index (χ1n) is 14.1. The molecule has 0 saturated heterocycles. The summed E-state index contributed by atoms with van der Waals surface area (Å²) in [6.45, 7) is 3.35. The highest BCUT2D eigenvalue weighted by atomic mass is 79.9. The van der Waals surface area contributed by atoms with Gasteiger partial charge in [-0.15, -0.1) is 0 Å². The molecule has 0 radical (unpaired) electrons. The Balaban J connectivity index is 1.76. The molecule has 2 aliphatic rings. The second kappa shape index (κ2) is 13.3. The third-order valence-electron chi connectivity index (χ3n) is 8.76. The van der Waals surface area contributed by atoms with E-state index in [-0.39, 0.29) is 37.1 Å². The van der Waals surface area contributed by atoms with E-state index in [9.17, 15) is 35.9 Å². The number of fused-ring (bicyclic) bond motifs is 1. The molecule has 0 amide bonds. The zero-order valence-electron chi connectivity index (χ0n) is 24.8. The van der Waals surface area contributed by atoms with Gasteiger partial charge in [0, 0.05) is 29.6 Å². The molecular formula is C32H33BrF6O6. The summed E-state index contributed by atoms with van der Waals surface area (Å²) in [6.07, 6.45) is -10.3. The van der Waals surface area contributed by atoms with E-state index in [1.54, 1.807) is 20.8 Å². The van der Waals surface area contributed by atoms with E-state index in [1.807, 2.05) is 30.3 Å². The number of ketones is 2. The van der Waals surface area contributed by atoms with Crippen LogP contribution in [0.3, 0.4) is 0 Å². The van der Waals surface area contributed by atoms with Gasteiger partial charge < -0.3 is 18.9 Å². The number of Topliss-reactive ketones (excluding diaryl/α,β-unsaturated/α-hetero) is 1. The fraction of sp³-hybridized carbons (Fsp3) is 0.500. The zero-order valence-corrected chi connectivity index (χ0v) is 26.4. The summed E-state index contributed by atoms with van der Waals surface area (Å²) in [4.78, 5) is 27.0. The molecule has 2 aliphatic carbocycles. The highest BCUT2D eigenvalue weighted by Crippen LogP contribution is 2.64. The Morgan fingerprint density at radius 3 is 2.02 bits per heavy atom. The number of allylic oxidation sites excluding steroid dienone is 1. The number of hydrogen-bond acceptors (Lipinski definition) is 6. The molecule has 45 heavy (non-hydrogen) atoms. The number of benzene rings is 2. The fourth-order valence-electron chi connectivity index (χ4n) is 6.24. The molecule has 1 unspecified atom stereocenters. The van der Waals surface area contributed by atoms with Gasteiger partial charge >= 0.3 is 12.4 Å². The van der Waals surface area contributed by atoms with Gasteiger partial charge in [-0.05, 0) is 37.6 Å². The normalized spacial score (nSPS) is 25.9. The second-order valence-electron chi connectivity index (χ2n) is 11.5. The van der Waals surface area contributed by atoms with E-state index in [4.69, 9.17) is 18.9 Å². The van der Waals surface area contributed by atoms with Gasteiger partial charge in [0.2, 0.25) is 0 Å². The molecule has 0 N–H and O–H groups in total. The molecule has 0 heterocycles. The maximum absolute atomic E-state index is 14.2. The average Bonchev–Trinajstić information content (AvgIpc) is 3.37. The summed E-state index contributed by atoms with van der Waals surface area (Å²) in [5, 5.41) is 0.143. The van der Waals surface area contributed by atoms with Crippen LogP contribution in [0, 0.1) is 10.8 Å². The number of hydrogen-bond donors (Lipinski definition) is 0. The molecule has 6 nitrogen and oxygen atoms in total. The third-order valence-corrected chi connectivity index (χ3v) is 9.28. The van der Waals surface area contributed by atoms with Crippen LogP contribution in [0.2, 0.25) is 0 Å². The number of rotatable bonds is 13. The molecule has 0 spiro atoms. The molecule has 4 rings (SSSR count). The van der Waals surface area contributed by atoms with Gasteiger partial charge in [-0.2, -0.15) is 26.3 Å². The molecule has 4 atom stereocenters. The van der Waals surface area contributed by atoms with Crippen molar-refractivity contribution in [3.05, 3.63) is 82.4 Å². The largest absolute Gasteiger partial charge is 0.416 e. The quantitative estimate of drug-likeness (QED) is 0.122. The standard InChI is InChI=1S/C32H33BrF6O6/c1-4-44-26(15-33)45-30-14-21(40)13-25(30)27(41)28(2,18-42-16-20-9-6-5-7-10-20)29(30,3)19-43-17-22-23(31(34,35)36)11-8-12-24(22)32(37,38)39/h5-13,26H,4,14-19H2,1-3H3/t26?,28-,29-,30-/m1/s1. The highest BCUT2D eigenvalue weighted by molar-refractivity contribution is 9.09. The number of halogens is 7. The molecule has 0 aromatic heterocycles. The third kappa shape index (κ3) is 6.64. The van der Waals surface area contributed by atoms with Crippen LogP contribution < -0.4 is 0 Å². The maximum Gasteiger partial charge on any atom is 0.416 e. The van der Waals surface area contributed by atoms with Crippen LogP contribution in [0.25, 0.3) is 0 Å². The van der Waals surface area contributed by atoms with E-state index in [0.717, 1.165) is 5.56 Å². The predicted molar refractivity (Wildman–Crippen MR) is 154 cm³/mol. The monoisotopic (exact) mass is 706 g/mol. The summed E-state index contributed by atoms with van der Waals surface area (Å²) in [5.74, 6) is -0.924. The topological polar surface area (TPSA) is 71.1 Å². The molecule has 2 aromatic rings. The number of ether oxygens (including phenoxy) is 4. The van der Waals surface area contributed by atoms with Gasteiger partial charge in [0.15, 0.2) is 17.9 Å². The van der Waals surface area contributed by atoms with E-state index in [2.05, 4.69) is 15.9 Å². The molecule has 1 saturated carbocycles. The van der Waals surface area contributed by atoms with Crippen LogP contribution >= 0.6 is 15.9 Å². The summed E-state index contributed by atoms with van der Waals surface area (Å²) in [6, 6.07) is 10.9. The van der Waals surface area contributed by atoms with Gasteiger partial charge in [-0.1, -0.05) is 59.3 Å². The smallest absolute Gasteiger partial charge is 0.376 e. The summed E-state index contributed by atoms with van der Waals surface area (Å²) < 4.78 is 107. The van der Waals surface area contributed by atoms with Crippen LogP contribution in [-0.4, -0.2) is 48.6 Å². The van der Waals surface area contributed by atoms with Crippen molar-refractivity contribution in [1.29, 1.82) is 0 Å². The molecule has 2 aromatic carbocycles. The van der Waals surface area contributed by atoms with Crippen LogP contribution in [-0.2, 0) is 54.1 Å². The van der Waals surface area contributed by atoms with E-state index >= 15 is 0 Å². The minimum Gasteiger partial charge on any atom is -0.376 e. The van der Waals surface area contributed by atoms with E-state index in [0.29, 0.717) is 18.2 Å². The van der Waals surface area contributed by atoms with Gasteiger partial charge in [0.05, 0.1) is 48.3 Å².